The number of nitrogens with one attached hydrogen (secondary N) is 1. The van der Waals surface area contributed by atoms with Gasteiger partial charge in [-0.05, 0) is 56.1 Å². The van der Waals surface area contributed by atoms with Gasteiger partial charge >= 0.3 is 0 Å². The number of benzene rings is 1. The number of rotatable bonds is 6. The molecule has 0 bridgehead atoms. The lowest BCUT2D eigenvalue weighted by atomic mass is 9.97. The molecule has 2 aliphatic heterocycles. The maximum atomic E-state index is 9.46. The molecule has 0 spiro atoms. The molecule has 9 heteroatoms. The molecule has 2 aliphatic rings. The number of piperidine rings is 1. The number of aromatic amines is 1. The minimum Gasteiger partial charge on any atom is -0.353 e. The molecular formula is C27H31Cl2N7. The van der Waals surface area contributed by atoms with Crippen molar-refractivity contribution in [2.24, 2.45) is 0 Å². The van der Waals surface area contributed by atoms with Crippen LogP contribution >= 0.6 is 23.2 Å². The van der Waals surface area contributed by atoms with Crippen LogP contribution in [0.4, 0.5) is 5.82 Å². The summed E-state index contributed by atoms with van der Waals surface area (Å²) in [6.07, 6.45) is 8.75. The van der Waals surface area contributed by atoms with E-state index in [1.165, 1.54) is 0 Å². The molecule has 2 fully saturated rings. The van der Waals surface area contributed by atoms with E-state index in [4.69, 9.17) is 28.2 Å². The maximum absolute atomic E-state index is 9.46. The second-order valence-electron chi connectivity index (χ2n) is 9.63. The number of anilines is 1. The van der Waals surface area contributed by atoms with Crippen LogP contribution < -0.4 is 4.90 Å². The Morgan fingerprint density at radius 3 is 2.64 bits per heavy atom. The molecule has 2 saturated heterocycles. The highest BCUT2D eigenvalue weighted by molar-refractivity contribution is 6.33. The average molecular weight is 525 g/mol. The summed E-state index contributed by atoms with van der Waals surface area (Å²) in [5, 5.41) is 10.7. The van der Waals surface area contributed by atoms with Crippen LogP contribution in [0.3, 0.4) is 0 Å². The first-order valence-corrected chi connectivity index (χ1v) is 13.4. The van der Waals surface area contributed by atoms with Crippen LogP contribution in [0.25, 0.3) is 11.4 Å². The first-order chi connectivity index (χ1) is 17.6. The Bertz CT molecular complexity index is 1220. The van der Waals surface area contributed by atoms with Gasteiger partial charge in [0.1, 0.15) is 11.6 Å². The third-order valence-electron chi connectivity index (χ3n) is 7.50. The molecule has 36 heavy (non-hydrogen) atoms. The van der Waals surface area contributed by atoms with Gasteiger partial charge in [-0.15, -0.1) is 0 Å². The lowest BCUT2D eigenvalue weighted by Crippen LogP contribution is -2.58. The van der Waals surface area contributed by atoms with E-state index in [-0.39, 0.29) is 0 Å². The fraction of sp³-hybridized carbons (Fsp3) is 0.444. The van der Waals surface area contributed by atoms with E-state index >= 15 is 0 Å². The Labute approximate surface area is 222 Å². The first-order valence-electron chi connectivity index (χ1n) is 12.6. The first kappa shape index (κ1) is 25.0. The number of hydrogen-bond acceptors (Lipinski definition) is 6. The summed E-state index contributed by atoms with van der Waals surface area (Å²) in [6.45, 7) is 8.01. The summed E-state index contributed by atoms with van der Waals surface area (Å²) in [5.74, 6) is 1.63. The van der Waals surface area contributed by atoms with E-state index in [0.717, 1.165) is 81.3 Å². The third kappa shape index (κ3) is 5.37. The van der Waals surface area contributed by atoms with Gasteiger partial charge in [0.15, 0.2) is 0 Å². The topological polar surface area (TPSA) is 75.1 Å². The highest BCUT2D eigenvalue weighted by Gasteiger charge is 2.34. The van der Waals surface area contributed by atoms with Crippen molar-refractivity contribution in [1.82, 2.24) is 24.8 Å². The summed E-state index contributed by atoms with van der Waals surface area (Å²) in [7, 11) is 0. The summed E-state index contributed by atoms with van der Waals surface area (Å²) < 4.78 is 0. The number of halogens is 2. The standard InChI is InChI=1S/C27H31Cl2N7/c1-2-23-18-35(27-25(29)14-21(16-33-27)26-31-7-8-32-26)11-12-36(23)24-5-9-34(10-6-24)17-19-3-4-22(28)13-20(19)15-30/h3-4,7-8,13-14,16,23-24H,2,5-6,9-12,17-18H2,1H3,(H,31,32). The van der Waals surface area contributed by atoms with E-state index in [1.807, 2.05) is 24.4 Å². The zero-order valence-electron chi connectivity index (χ0n) is 20.5. The predicted molar refractivity (Wildman–Crippen MR) is 144 cm³/mol. The van der Waals surface area contributed by atoms with Crippen molar-refractivity contribution in [3.05, 3.63) is 64.0 Å². The number of imidazole rings is 1. The van der Waals surface area contributed by atoms with Gasteiger partial charge in [0.2, 0.25) is 0 Å². The molecule has 2 aromatic heterocycles. The number of H-pyrrole nitrogens is 1. The van der Waals surface area contributed by atoms with E-state index in [0.29, 0.717) is 27.7 Å². The fourth-order valence-corrected chi connectivity index (χ4v) is 6.02. The monoisotopic (exact) mass is 523 g/mol. The zero-order chi connectivity index (χ0) is 25.1. The van der Waals surface area contributed by atoms with Crippen LogP contribution in [0.15, 0.2) is 42.9 Å². The van der Waals surface area contributed by atoms with Gasteiger partial charge in [0.25, 0.3) is 0 Å². The summed E-state index contributed by atoms with van der Waals surface area (Å²) in [4.78, 5) is 19.6. The van der Waals surface area contributed by atoms with Crippen LogP contribution in [0.5, 0.6) is 0 Å². The number of aromatic nitrogens is 3. The van der Waals surface area contributed by atoms with Gasteiger partial charge in [-0.1, -0.05) is 36.2 Å². The molecule has 0 amide bonds. The molecule has 7 nitrogen and oxygen atoms in total. The molecule has 5 rings (SSSR count). The molecule has 1 N–H and O–H groups in total. The summed E-state index contributed by atoms with van der Waals surface area (Å²) in [5.41, 5.74) is 2.63. The van der Waals surface area contributed by atoms with Crippen LogP contribution in [-0.2, 0) is 6.54 Å². The van der Waals surface area contributed by atoms with Crippen molar-refractivity contribution in [1.29, 1.82) is 5.26 Å². The van der Waals surface area contributed by atoms with Gasteiger partial charge in [0.05, 0.1) is 16.7 Å². The minimum absolute atomic E-state index is 0.472. The van der Waals surface area contributed by atoms with Crippen molar-refractivity contribution in [2.45, 2.75) is 44.8 Å². The van der Waals surface area contributed by atoms with Crippen molar-refractivity contribution >= 4 is 29.0 Å². The van der Waals surface area contributed by atoms with Gasteiger partial charge in [-0.25, -0.2) is 9.97 Å². The molecule has 0 aliphatic carbocycles. The number of hydrogen-bond donors (Lipinski definition) is 1. The summed E-state index contributed by atoms with van der Waals surface area (Å²) in [6, 6.07) is 10.9. The molecule has 1 atom stereocenters. The molecule has 0 radical (unpaired) electrons. The number of nitrogens with zero attached hydrogens (tertiary/aromatic N) is 6. The lowest BCUT2D eigenvalue weighted by molar-refractivity contribution is 0.0610. The SMILES string of the molecule is CCC1CN(c2ncc(-c3ncc[nH]3)cc2Cl)CCN1C1CCN(Cc2ccc(Cl)cc2C#N)CC1. The van der Waals surface area contributed by atoms with Gasteiger partial charge in [-0.3, -0.25) is 9.80 Å². The van der Waals surface area contributed by atoms with Crippen molar-refractivity contribution in [3.8, 4) is 17.5 Å². The number of piperazine rings is 1. The van der Waals surface area contributed by atoms with Crippen LogP contribution in [0.1, 0.15) is 37.3 Å². The molecule has 1 unspecified atom stereocenters. The highest BCUT2D eigenvalue weighted by Crippen LogP contribution is 2.31. The Kier molecular flexibility index (Phi) is 7.78. The van der Waals surface area contributed by atoms with Gasteiger partial charge in [-0.2, -0.15) is 5.26 Å². The predicted octanol–water partition coefficient (Wildman–Crippen LogP) is 5.22. The Hall–Kier alpha value is -2.63. The van der Waals surface area contributed by atoms with Crippen molar-refractivity contribution < 1.29 is 0 Å². The third-order valence-corrected chi connectivity index (χ3v) is 8.02. The second-order valence-corrected chi connectivity index (χ2v) is 10.5. The van der Waals surface area contributed by atoms with Crippen LogP contribution in [-0.4, -0.2) is 69.6 Å². The van der Waals surface area contributed by atoms with Gasteiger partial charge < -0.3 is 9.88 Å². The van der Waals surface area contributed by atoms with Crippen molar-refractivity contribution in [2.75, 3.05) is 37.6 Å². The molecule has 188 valence electrons. The lowest BCUT2D eigenvalue weighted by Gasteiger charge is -2.47. The Morgan fingerprint density at radius 2 is 1.94 bits per heavy atom. The fourth-order valence-electron chi connectivity index (χ4n) is 5.56. The Morgan fingerprint density at radius 1 is 1.11 bits per heavy atom. The van der Waals surface area contributed by atoms with E-state index in [1.54, 1.807) is 18.5 Å². The summed E-state index contributed by atoms with van der Waals surface area (Å²) >= 11 is 12.7. The largest absolute Gasteiger partial charge is 0.353 e. The smallest absolute Gasteiger partial charge is 0.147 e. The maximum Gasteiger partial charge on any atom is 0.147 e. The minimum atomic E-state index is 0.472. The Balaban J connectivity index is 1.19. The van der Waals surface area contributed by atoms with Crippen LogP contribution in [0, 0.1) is 11.3 Å². The number of nitriles is 1. The number of likely N-dealkylation sites (tertiary alicyclic amines) is 1. The molecule has 3 aromatic rings. The van der Waals surface area contributed by atoms with Gasteiger partial charge in [0, 0.05) is 67.4 Å². The van der Waals surface area contributed by atoms with E-state index < -0.39 is 0 Å². The van der Waals surface area contributed by atoms with Crippen LogP contribution in [0.2, 0.25) is 10.0 Å². The molecule has 0 saturated carbocycles. The highest BCUT2D eigenvalue weighted by atomic mass is 35.5. The molecule has 1 aromatic carbocycles. The zero-order valence-corrected chi connectivity index (χ0v) is 22.0. The quantitative estimate of drug-likeness (QED) is 0.477. The van der Waals surface area contributed by atoms with E-state index in [9.17, 15) is 5.26 Å². The van der Waals surface area contributed by atoms with E-state index in [2.05, 4.69) is 37.7 Å². The molecule has 4 heterocycles. The molecular weight excluding hydrogens is 493 g/mol. The second kappa shape index (κ2) is 11.2. The normalized spacial score (nSPS) is 19.9. The number of pyridine rings is 1. The average Bonchev–Trinajstić information content (AvgIpc) is 3.45. The van der Waals surface area contributed by atoms with Crippen molar-refractivity contribution in [3.63, 3.8) is 0 Å².